The molecule has 1 heterocycles. The van der Waals surface area contributed by atoms with Crippen LogP contribution in [-0.4, -0.2) is 48.3 Å². The molecule has 6 heteroatoms. The van der Waals surface area contributed by atoms with E-state index in [4.69, 9.17) is 0 Å². The van der Waals surface area contributed by atoms with E-state index in [1.165, 1.54) is 11.3 Å². The molecule has 2 aliphatic rings. The van der Waals surface area contributed by atoms with E-state index in [0.717, 1.165) is 25.7 Å². The topological polar surface area (TPSA) is 78.5 Å². The minimum atomic E-state index is -0.450. The van der Waals surface area contributed by atoms with Gasteiger partial charge in [0.1, 0.15) is 0 Å². The lowest BCUT2D eigenvalue weighted by molar-refractivity contribution is -0.142. The van der Waals surface area contributed by atoms with Gasteiger partial charge in [0.25, 0.3) is 0 Å². The smallest absolute Gasteiger partial charge is 0.247 e. The zero-order valence-electron chi connectivity index (χ0n) is 12.0. The van der Waals surface area contributed by atoms with Gasteiger partial charge in [-0.2, -0.15) is 0 Å². The summed E-state index contributed by atoms with van der Waals surface area (Å²) in [5.74, 6) is -0.253. The molecule has 0 bridgehead atoms. The Kier molecular flexibility index (Phi) is 5.11. The molecule has 0 radical (unpaired) electrons. The number of nitrogens with zero attached hydrogens (tertiary/aromatic N) is 1. The van der Waals surface area contributed by atoms with Gasteiger partial charge in [0.15, 0.2) is 0 Å². The van der Waals surface area contributed by atoms with Crippen LogP contribution in [0.5, 0.6) is 0 Å². The molecule has 1 saturated carbocycles. The Morgan fingerprint density at radius 1 is 1.25 bits per heavy atom. The van der Waals surface area contributed by atoms with Crippen molar-refractivity contribution in [1.29, 1.82) is 0 Å². The molecular formula is C14H23N3O3. The van der Waals surface area contributed by atoms with E-state index in [0.29, 0.717) is 13.0 Å². The van der Waals surface area contributed by atoms with Gasteiger partial charge in [-0.3, -0.25) is 19.3 Å². The minimum Gasteiger partial charge on any atom is -0.359 e. The van der Waals surface area contributed by atoms with Gasteiger partial charge in [0.05, 0.1) is 12.5 Å². The van der Waals surface area contributed by atoms with Crippen LogP contribution in [-0.2, 0) is 14.4 Å². The highest BCUT2D eigenvalue weighted by molar-refractivity contribution is 6.05. The fourth-order valence-electron chi connectivity index (χ4n) is 3.02. The fourth-order valence-corrected chi connectivity index (χ4v) is 3.02. The second kappa shape index (κ2) is 6.83. The van der Waals surface area contributed by atoms with Crippen molar-refractivity contribution in [2.24, 2.45) is 0 Å². The van der Waals surface area contributed by atoms with Gasteiger partial charge in [-0.1, -0.05) is 19.3 Å². The van der Waals surface area contributed by atoms with Crippen molar-refractivity contribution in [3.8, 4) is 0 Å². The molecular weight excluding hydrogens is 258 g/mol. The first-order valence-electron chi connectivity index (χ1n) is 7.43. The maximum absolute atomic E-state index is 12.3. The number of hydrogen-bond donors (Lipinski definition) is 2. The second-order valence-electron chi connectivity index (χ2n) is 5.53. The Balaban J connectivity index is 1.86. The van der Waals surface area contributed by atoms with Crippen molar-refractivity contribution < 1.29 is 14.4 Å². The van der Waals surface area contributed by atoms with Crippen LogP contribution in [0.4, 0.5) is 0 Å². The zero-order valence-corrected chi connectivity index (χ0v) is 12.0. The van der Waals surface area contributed by atoms with Gasteiger partial charge in [0, 0.05) is 26.1 Å². The molecule has 0 spiro atoms. The number of likely N-dealkylation sites (tertiary alicyclic amines) is 1. The SMILES string of the molecule is CNC(=O)CCNC1CC(=O)N(C2CCCCC2)C1=O. The summed E-state index contributed by atoms with van der Waals surface area (Å²) in [5.41, 5.74) is 0. The van der Waals surface area contributed by atoms with Gasteiger partial charge in [-0.05, 0) is 12.8 Å². The third-order valence-electron chi connectivity index (χ3n) is 4.14. The highest BCUT2D eigenvalue weighted by Crippen LogP contribution is 2.27. The first kappa shape index (κ1) is 15.0. The molecule has 0 aromatic rings. The summed E-state index contributed by atoms with van der Waals surface area (Å²) in [6, 6.07) is -0.358. The molecule has 1 aliphatic carbocycles. The standard InChI is InChI=1S/C14H23N3O3/c1-15-12(18)7-8-16-11-9-13(19)17(14(11)20)10-5-3-2-4-6-10/h10-11,16H,2-9H2,1H3,(H,15,18). The first-order valence-corrected chi connectivity index (χ1v) is 7.43. The highest BCUT2D eigenvalue weighted by Gasteiger charge is 2.42. The summed E-state index contributed by atoms with van der Waals surface area (Å²) in [5, 5.41) is 5.55. The predicted octanol–water partition coefficient (Wildman–Crippen LogP) is 0.172. The zero-order chi connectivity index (χ0) is 14.5. The van der Waals surface area contributed by atoms with E-state index in [2.05, 4.69) is 10.6 Å². The largest absolute Gasteiger partial charge is 0.359 e. The predicted molar refractivity (Wildman–Crippen MR) is 73.8 cm³/mol. The molecule has 2 rings (SSSR count). The summed E-state index contributed by atoms with van der Waals surface area (Å²) in [6.45, 7) is 0.419. The molecule has 1 saturated heterocycles. The van der Waals surface area contributed by atoms with Crippen molar-refractivity contribution >= 4 is 17.7 Å². The van der Waals surface area contributed by atoms with E-state index >= 15 is 0 Å². The number of amides is 3. The number of imide groups is 1. The number of hydrogen-bond acceptors (Lipinski definition) is 4. The van der Waals surface area contributed by atoms with Crippen LogP contribution in [0.1, 0.15) is 44.9 Å². The fraction of sp³-hybridized carbons (Fsp3) is 0.786. The Morgan fingerprint density at radius 3 is 2.60 bits per heavy atom. The molecule has 20 heavy (non-hydrogen) atoms. The Labute approximate surface area is 119 Å². The van der Waals surface area contributed by atoms with E-state index in [1.54, 1.807) is 7.05 Å². The molecule has 6 nitrogen and oxygen atoms in total. The molecule has 2 N–H and O–H groups in total. The van der Waals surface area contributed by atoms with Crippen molar-refractivity contribution in [2.45, 2.75) is 57.0 Å². The molecule has 2 fully saturated rings. The molecule has 3 amide bonds. The number of nitrogens with one attached hydrogen (secondary N) is 2. The molecule has 112 valence electrons. The van der Waals surface area contributed by atoms with Gasteiger partial charge in [-0.15, -0.1) is 0 Å². The van der Waals surface area contributed by atoms with Crippen LogP contribution < -0.4 is 10.6 Å². The molecule has 0 aromatic heterocycles. The summed E-state index contributed by atoms with van der Waals surface area (Å²) in [4.78, 5) is 36.9. The summed E-state index contributed by atoms with van der Waals surface area (Å²) in [7, 11) is 1.58. The minimum absolute atomic E-state index is 0.0701. The molecule has 1 atom stereocenters. The Hall–Kier alpha value is -1.43. The van der Waals surface area contributed by atoms with E-state index in [9.17, 15) is 14.4 Å². The van der Waals surface area contributed by atoms with E-state index in [1.807, 2.05) is 0 Å². The van der Waals surface area contributed by atoms with Crippen LogP contribution in [0.15, 0.2) is 0 Å². The van der Waals surface area contributed by atoms with Crippen LogP contribution >= 0.6 is 0 Å². The normalized spacial score (nSPS) is 24.2. The lowest BCUT2D eigenvalue weighted by atomic mass is 9.94. The van der Waals surface area contributed by atoms with Crippen LogP contribution in [0.25, 0.3) is 0 Å². The molecule has 1 unspecified atom stereocenters. The Bertz CT molecular complexity index is 391. The average Bonchev–Trinajstić information content (AvgIpc) is 2.74. The first-order chi connectivity index (χ1) is 9.63. The van der Waals surface area contributed by atoms with Crippen molar-refractivity contribution in [2.75, 3.05) is 13.6 Å². The van der Waals surface area contributed by atoms with E-state index in [-0.39, 0.29) is 30.2 Å². The van der Waals surface area contributed by atoms with Crippen molar-refractivity contribution in [3.63, 3.8) is 0 Å². The van der Waals surface area contributed by atoms with Gasteiger partial charge >= 0.3 is 0 Å². The van der Waals surface area contributed by atoms with Gasteiger partial charge in [0.2, 0.25) is 17.7 Å². The molecule has 1 aliphatic heterocycles. The lowest BCUT2D eigenvalue weighted by Crippen LogP contribution is -2.45. The summed E-state index contributed by atoms with van der Waals surface area (Å²) in [6.07, 6.45) is 5.79. The number of rotatable bonds is 5. The van der Waals surface area contributed by atoms with E-state index < -0.39 is 6.04 Å². The van der Waals surface area contributed by atoms with Crippen LogP contribution in [0.2, 0.25) is 0 Å². The monoisotopic (exact) mass is 281 g/mol. The number of carbonyl (C=O) groups excluding carboxylic acids is 3. The van der Waals surface area contributed by atoms with Crippen molar-refractivity contribution in [3.05, 3.63) is 0 Å². The maximum Gasteiger partial charge on any atom is 0.247 e. The quantitative estimate of drug-likeness (QED) is 0.704. The third kappa shape index (κ3) is 3.36. The van der Waals surface area contributed by atoms with Gasteiger partial charge < -0.3 is 10.6 Å². The Morgan fingerprint density at radius 2 is 1.95 bits per heavy atom. The van der Waals surface area contributed by atoms with Crippen LogP contribution in [0, 0.1) is 0 Å². The summed E-state index contributed by atoms with van der Waals surface area (Å²) < 4.78 is 0. The highest BCUT2D eigenvalue weighted by atomic mass is 16.2. The van der Waals surface area contributed by atoms with Gasteiger partial charge in [-0.25, -0.2) is 0 Å². The molecule has 0 aromatic carbocycles. The van der Waals surface area contributed by atoms with Crippen molar-refractivity contribution in [1.82, 2.24) is 15.5 Å². The summed E-state index contributed by atoms with van der Waals surface area (Å²) >= 11 is 0. The second-order valence-corrected chi connectivity index (χ2v) is 5.53. The lowest BCUT2D eigenvalue weighted by Gasteiger charge is -2.29. The average molecular weight is 281 g/mol. The number of carbonyl (C=O) groups is 3. The maximum atomic E-state index is 12.3. The van der Waals surface area contributed by atoms with Crippen LogP contribution in [0.3, 0.4) is 0 Å². The third-order valence-corrected chi connectivity index (χ3v) is 4.14.